The van der Waals surface area contributed by atoms with Gasteiger partial charge in [0.15, 0.2) is 0 Å². The summed E-state index contributed by atoms with van der Waals surface area (Å²) >= 11 is 0. The van der Waals surface area contributed by atoms with Crippen LogP contribution < -0.4 is 10.6 Å². The Bertz CT molecular complexity index is 812. The molecule has 1 aliphatic rings. The number of benzene rings is 2. The first-order chi connectivity index (χ1) is 13.6. The molecule has 2 N–H and O–H groups in total. The van der Waals surface area contributed by atoms with Crippen molar-refractivity contribution < 1.29 is 14.0 Å². The third kappa shape index (κ3) is 6.02. The molecule has 0 spiro atoms. The summed E-state index contributed by atoms with van der Waals surface area (Å²) in [6, 6.07) is 13.7. The highest BCUT2D eigenvalue weighted by atomic mass is 35.5. The summed E-state index contributed by atoms with van der Waals surface area (Å²) in [5, 5.41) is 6.09. The van der Waals surface area contributed by atoms with E-state index in [0.717, 1.165) is 25.1 Å². The molecule has 0 aromatic heterocycles. The fourth-order valence-corrected chi connectivity index (χ4v) is 3.41. The van der Waals surface area contributed by atoms with Crippen LogP contribution in [-0.4, -0.2) is 42.9 Å². The monoisotopic (exact) mass is 419 g/mol. The summed E-state index contributed by atoms with van der Waals surface area (Å²) in [7, 11) is 0. The van der Waals surface area contributed by atoms with Gasteiger partial charge in [0.1, 0.15) is 5.82 Å². The Labute approximate surface area is 177 Å². The van der Waals surface area contributed by atoms with E-state index in [1.165, 1.54) is 29.8 Å². The SMILES string of the molecule is CCc1ccc(C2CNCCN2C(=O)CCNC(=O)c2ccc(F)cc2)cc1.Cl. The smallest absolute Gasteiger partial charge is 0.251 e. The van der Waals surface area contributed by atoms with E-state index < -0.39 is 0 Å². The van der Waals surface area contributed by atoms with Crippen LogP contribution in [0.2, 0.25) is 0 Å². The number of hydrogen-bond donors (Lipinski definition) is 2. The van der Waals surface area contributed by atoms with Gasteiger partial charge in [0.05, 0.1) is 6.04 Å². The normalized spacial score (nSPS) is 16.1. The highest BCUT2D eigenvalue weighted by Crippen LogP contribution is 2.23. The molecule has 5 nitrogen and oxygen atoms in total. The maximum Gasteiger partial charge on any atom is 0.251 e. The summed E-state index contributed by atoms with van der Waals surface area (Å²) < 4.78 is 12.9. The van der Waals surface area contributed by atoms with Gasteiger partial charge in [-0.15, -0.1) is 12.4 Å². The number of piperazine rings is 1. The number of amides is 2. The van der Waals surface area contributed by atoms with Crippen LogP contribution in [-0.2, 0) is 11.2 Å². The lowest BCUT2D eigenvalue weighted by Gasteiger charge is -2.36. The number of halogens is 2. The first kappa shape index (κ1) is 22.8. The predicted molar refractivity (Wildman–Crippen MR) is 114 cm³/mol. The fraction of sp³-hybridized carbons (Fsp3) is 0.364. The lowest BCUT2D eigenvalue weighted by atomic mass is 10.0. The molecule has 0 radical (unpaired) electrons. The Hall–Kier alpha value is -2.44. The van der Waals surface area contributed by atoms with Gasteiger partial charge < -0.3 is 15.5 Å². The highest BCUT2D eigenvalue weighted by molar-refractivity contribution is 5.94. The Kier molecular flexibility index (Phi) is 8.61. The molecule has 29 heavy (non-hydrogen) atoms. The quantitative estimate of drug-likeness (QED) is 0.756. The second-order valence-electron chi connectivity index (χ2n) is 6.91. The van der Waals surface area contributed by atoms with Crippen molar-refractivity contribution >= 4 is 24.2 Å². The molecule has 1 heterocycles. The van der Waals surface area contributed by atoms with Crippen molar-refractivity contribution in [2.45, 2.75) is 25.8 Å². The molecule has 0 bridgehead atoms. The summed E-state index contributed by atoms with van der Waals surface area (Å²) in [6.07, 6.45) is 1.22. The molecule has 1 saturated heterocycles. The molecule has 2 aromatic carbocycles. The number of carbonyl (C=O) groups is 2. The number of carbonyl (C=O) groups excluding carboxylic acids is 2. The zero-order valence-electron chi connectivity index (χ0n) is 16.5. The van der Waals surface area contributed by atoms with Gasteiger partial charge in [-0.1, -0.05) is 31.2 Å². The minimum absolute atomic E-state index is 0. The zero-order valence-corrected chi connectivity index (χ0v) is 17.3. The summed E-state index contributed by atoms with van der Waals surface area (Å²) in [4.78, 5) is 26.7. The van der Waals surface area contributed by atoms with E-state index in [-0.39, 0.29) is 49.0 Å². The van der Waals surface area contributed by atoms with Crippen molar-refractivity contribution in [1.29, 1.82) is 0 Å². The number of nitrogens with one attached hydrogen (secondary N) is 2. The van der Waals surface area contributed by atoms with Gasteiger partial charge in [0.25, 0.3) is 5.91 Å². The van der Waals surface area contributed by atoms with Gasteiger partial charge in [-0.3, -0.25) is 9.59 Å². The molecule has 0 aliphatic carbocycles. The van der Waals surface area contributed by atoms with Crippen LogP contribution in [0.25, 0.3) is 0 Å². The minimum atomic E-state index is -0.386. The molecule has 1 unspecified atom stereocenters. The van der Waals surface area contributed by atoms with E-state index in [4.69, 9.17) is 0 Å². The second kappa shape index (κ2) is 10.9. The van der Waals surface area contributed by atoms with E-state index in [0.29, 0.717) is 12.1 Å². The molecule has 2 amide bonds. The molecule has 0 saturated carbocycles. The molecule has 1 atom stereocenters. The molecule has 1 fully saturated rings. The number of aryl methyl sites for hydroxylation is 1. The molecule has 1 aliphatic heterocycles. The zero-order chi connectivity index (χ0) is 19.9. The van der Waals surface area contributed by atoms with Crippen LogP contribution in [0.3, 0.4) is 0 Å². The topological polar surface area (TPSA) is 61.4 Å². The lowest BCUT2D eigenvalue weighted by Crippen LogP contribution is -2.49. The largest absolute Gasteiger partial charge is 0.352 e. The molecule has 156 valence electrons. The van der Waals surface area contributed by atoms with Gasteiger partial charge >= 0.3 is 0 Å². The van der Waals surface area contributed by atoms with Crippen LogP contribution in [0.4, 0.5) is 4.39 Å². The average Bonchev–Trinajstić information content (AvgIpc) is 2.74. The molecule has 7 heteroatoms. The van der Waals surface area contributed by atoms with Crippen LogP contribution in [0.1, 0.15) is 40.9 Å². The average molecular weight is 420 g/mol. The van der Waals surface area contributed by atoms with Crippen LogP contribution in [0.15, 0.2) is 48.5 Å². The highest BCUT2D eigenvalue weighted by Gasteiger charge is 2.27. The van der Waals surface area contributed by atoms with E-state index in [9.17, 15) is 14.0 Å². The third-order valence-corrected chi connectivity index (χ3v) is 5.07. The Morgan fingerprint density at radius 1 is 1.14 bits per heavy atom. The first-order valence-corrected chi connectivity index (χ1v) is 9.71. The molecular formula is C22H27ClFN3O2. The number of rotatable bonds is 6. The first-order valence-electron chi connectivity index (χ1n) is 9.71. The van der Waals surface area contributed by atoms with E-state index in [2.05, 4.69) is 41.8 Å². The maximum absolute atomic E-state index is 12.9. The second-order valence-corrected chi connectivity index (χ2v) is 6.91. The summed E-state index contributed by atoms with van der Waals surface area (Å²) in [5.41, 5.74) is 2.77. The number of nitrogens with zero attached hydrogens (tertiary/aromatic N) is 1. The van der Waals surface area contributed by atoms with Gasteiger partial charge in [-0.2, -0.15) is 0 Å². The van der Waals surface area contributed by atoms with E-state index in [1.54, 1.807) is 0 Å². The summed E-state index contributed by atoms with van der Waals surface area (Å²) in [6.45, 7) is 4.50. The van der Waals surface area contributed by atoms with Crippen molar-refractivity contribution in [3.8, 4) is 0 Å². The van der Waals surface area contributed by atoms with E-state index >= 15 is 0 Å². The van der Waals surface area contributed by atoms with Gasteiger partial charge in [-0.05, 0) is 41.8 Å². The van der Waals surface area contributed by atoms with Crippen molar-refractivity contribution in [2.24, 2.45) is 0 Å². The van der Waals surface area contributed by atoms with Crippen LogP contribution >= 0.6 is 12.4 Å². The Morgan fingerprint density at radius 2 is 1.83 bits per heavy atom. The maximum atomic E-state index is 12.9. The molecular weight excluding hydrogens is 393 g/mol. The Morgan fingerprint density at radius 3 is 2.48 bits per heavy atom. The van der Waals surface area contributed by atoms with Crippen molar-refractivity contribution in [3.05, 3.63) is 71.0 Å². The fourth-order valence-electron chi connectivity index (χ4n) is 3.41. The van der Waals surface area contributed by atoms with Crippen molar-refractivity contribution in [1.82, 2.24) is 15.5 Å². The van der Waals surface area contributed by atoms with E-state index in [1.807, 2.05) is 4.90 Å². The van der Waals surface area contributed by atoms with Crippen molar-refractivity contribution in [3.63, 3.8) is 0 Å². The summed E-state index contributed by atoms with van der Waals surface area (Å²) in [5.74, 6) is -0.672. The minimum Gasteiger partial charge on any atom is -0.352 e. The van der Waals surface area contributed by atoms with Crippen LogP contribution in [0, 0.1) is 5.82 Å². The lowest BCUT2D eigenvalue weighted by molar-refractivity contribution is -0.134. The van der Waals surface area contributed by atoms with Crippen LogP contribution in [0.5, 0.6) is 0 Å². The Balaban J connectivity index is 0.00000300. The number of hydrogen-bond acceptors (Lipinski definition) is 3. The molecule has 2 aromatic rings. The van der Waals surface area contributed by atoms with Crippen molar-refractivity contribution in [2.75, 3.05) is 26.2 Å². The molecule has 3 rings (SSSR count). The van der Waals surface area contributed by atoms with Gasteiger partial charge in [0, 0.05) is 38.2 Å². The van der Waals surface area contributed by atoms with Gasteiger partial charge in [0.2, 0.25) is 5.91 Å². The standard InChI is InChI=1S/C22H26FN3O2.ClH/c1-2-16-3-5-17(6-4-16)20-15-24-13-14-26(20)21(27)11-12-25-22(28)18-7-9-19(23)10-8-18;/h3-10,20,24H,2,11-15H2,1H3,(H,25,28);1H. The predicted octanol–water partition coefficient (Wildman–Crippen LogP) is 3.10. The van der Waals surface area contributed by atoms with Gasteiger partial charge in [-0.25, -0.2) is 4.39 Å². The third-order valence-electron chi connectivity index (χ3n) is 5.07.